The fourth-order valence-electron chi connectivity index (χ4n) is 1.09. The van der Waals surface area contributed by atoms with Crippen LogP contribution in [-0.4, -0.2) is 30.2 Å². The van der Waals surface area contributed by atoms with E-state index in [0.29, 0.717) is 13.1 Å². The molecule has 0 aliphatic carbocycles. The van der Waals surface area contributed by atoms with Crippen LogP contribution in [0, 0.1) is 0 Å². The van der Waals surface area contributed by atoms with Crippen LogP contribution in [-0.2, 0) is 4.74 Å². The SMILES string of the molecule is C=CCN1CC(CC)OC1=O. The maximum atomic E-state index is 11.0. The molecular weight excluding hydrogens is 142 g/mol. The molecule has 1 rings (SSSR count). The molecule has 0 saturated carbocycles. The highest BCUT2D eigenvalue weighted by molar-refractivity contribution is 5.70. The monoisotopic (exact) mass is 155 g/mol. The van der Waals surface area contributed by atoms with Crippen LogP contribution in [0.2, 0.25) is 0 Å². The van der Waals surface area contributed by atoms with Crippen molar-refractivity contribution in [3.05, 3.63) is 12.7 Å². The van der Waals surface area contributed by atoms with Gasteiger partial charge in [-0.05, 0) is 6.42 Å². The van der Waals surface area contributed by atoms with E-state index in [-0.39, 0.29) is 12.2 Å². The fourth-order valence-corrected chi connectivity index (χ4v) is 1.09. The molecule has 11 heavy (non-hydrogen) atoms. The number of hydrogen-bond donors (Lipinski definition) is 0. The first-order valence-electron chi connectivity index (χ1n) is 3.84. The lowest BCUT2D eigenvalue weighted by molar-refractivity contribution is 0.132. The van der Waals surface area contributed by atoms with Crippen molar-refractivity contribution in [2.24, 2.45) is 0 Å². The van der Waals surface area contributed by atoms with Gasteiger partial charge in [0, 0.05) is 6.54 Å². The van der Waals surface area contributed by atoms with E-state index in [4.69, 9.17) is 4.74 Å². The summed E-state index contributed by atoms with van der Waals surface area (Å²) < 4.78 is 5.01. The number of carbonyl (C=O) groups excluding carboxylic acids is 1. The zero-order valence-corrected chi connectivity index (χ0v) is 6.75. The molecule has 1 fully saturated rings. The van der Waals surface area contributed by atoms with E-state index in [2.05, 4.69) is 6.58 Å². The molecule has 1 saturated heterocycles. The van der Waals surface area contributed by atoms with Gasteiger partial charge in [-0.25, -0.2) is 4.79 Å². The molecule has 1 aliphatic heterocycles. The van der Waals surface area contributed by atoms with Gasteiger partial charge in [0.25, 0.3) is 0 Å². The van der Waals surface area contributed by atoms with Crippen LogP contribution in [0.4, 0.5) is 4.79 Å². The van der Waals surface area contributed by atoms with Gasteiger partial charge in [0.05, 0.1) is 6.54 Å². The predicted octanol–water partition coefficient (Wildman–Crippen LogP) is 1.40. The Kier molecular flexibility index (Phi) is 2.52. The topological polar surface area (TPSA) is 29.5 Å². The first-order valence-corrected chi connectivity index (χ1v) is 3.84. The standard InChI is InChI=1S/C8H13NO2/c1-3-5-9-6-7(4-2)11-8(9)10/h3,7H,1,4-6H2,2H3. The van der Waals surface area contributed by atoms with Crippen molar-refractivity contribution in [3.63, 3.8) is 0 Å². The number of carbonyl (C=O) groups is 1. The summed E-state index contributed by atoms with van der Waals surface area (Å²) in [6.45, 7) is 6.87. The molecule has 0 spiro atoms. The van der Waals surface area contributed by atoms with Crippen LogP contribution in [0.15, 0.2) is 12.7 Å². The van der Waals surface area contributed by atoms with Crippen molar-refractivity contribution in [2.75, 3.05) is 13.1 Å². The lowest BCUT2D eigenvalue weighted by Gasteiger charge is -2.07. The maximum Gasteiger partial charge on any atom is 0.410 e. The Morgan fingerprint density at radius 3 is 3.09 bits per heavy atom. The predicted molar refractivity (Wildman–Crippen MR) is 42.3 cm³/mol. The van der Waals surface area contributed by atoms with Gasteiger partial charge < -0.3 is 9.64 Å². The van der Waals surface area contributed by atoms with Crippen LogP contribution in [0.25, 0.3) is 0 Å². The molecule has 0 bridgehead atoms. The first-order chi connectivity index (χ1) is 5.27. The Morgan fingerprint density at radius 2 is 2.64 bits per heavy atom. The highest BCUT2D eigenvalue weighted by Gasteiger charge is 2.28. The highest BCUT2D eigenvalue weighted by Crippen LogP contribution is 2.12. The molecule has 1 heterocycles. The van der Waals surface area contributed by atoms with Crippen LogP contribution in [0.5, 0.6) is 0 Å². The van der Waals surface area contributed by atoms with Gasteiger partial charge in [-0.15, -0.1) is 6.58 Å². The van der Waals surface area contributed by atoms with Crippen molar-refractivity contribution >= 4 is 6.09 Å². The van der Waals surface area contributed by atoms with Crippen LogP contribution < -0.4 is 0 Å². The second kappa shape index (κ2) is 3.42. The Bertz CT molecular complexity index is 167. The molecule has 0 aromatic heterocycles. The molecule has 62 valence electrons. The summed E-state index contributed by atoms with van der Waals surface area (Å²) in [5, 5.41) is 0. The largest absolute Gasteiger partial charge is 0.444 e. The summed E-state index contributed by atoms with van der Waals surface area (Å²) >= 11 is 0. The van der Waals surface area contributed by atoms with Crippen molar-refractivity contribution in [1.82, 2.24) is 4.90 Å². The van der Waals surface area contributed by atoms with E-state index in [9.17, 15) is 4.79 Å². The third-order valence-corrected chi connectivity index (χ3v) is 1.75. The van der Waals surface area contributed by atoms with E-state index in [1.54, 1.807) is 11.0 Å². The molecule has 1 atom stereocenters. The van der Waals surface area contributed by atoms with Crippen LogP contribution >= 0.6 is 0 Å². The molecule has 3 nitrogen and oxygen atoms in total. The van der Waals surface area contributed by atoms with Crippen molar-refractivity contribution in [3.8, 4) is 0 Å². The zero-order valence-electron chi connectivity index (χ0n) is 6.75. The molecule has 0 aromatic rings. The van der Waals surface area contributed by atoms with Gasteiger partial charge in [-0.2, -0.15) is 0 Å². The first kappa shape index (κ1) is 8.11. The molecule has 1 amide bonds. The summed E-state index contributed by atoms with van der Waals surface area (Å²) in [4.78, 5) is 12.6. The van der Waals surface area contributed by atoms with Gasteiger partial charge in [-0.1, -0.05) is 13.0 Å². The Labute approximate surface area is 66.6 Å². The van der Waals surface area contributed by atoms with E-state index < -0.39 is 0 Å². The van der Waals surface area contributed by atoms with Gasteiger partial charge in [0.1, 0.15) is 6.10 Å². The smallest absolute Gasteiger partial charge is 0.410 e. The highest BCUT2D eigenvalue weighted by atomic mass is 16.6. The Balaban J connectivity index is 2.44. The van der Waals surface area contributed by atoms with Crippen LogP contribution in [0.3, 0.4) is 0 Å². The zero-order chi connectivity index (χ0) is 8.27. The van der Waals surface area contributed by atoms with Gasteiger partial charge >= 0.3 is 6.09 Å². The molecule has 0 N–H and O–H groups in total. The number of rotatable bonds is 3. The number of amides is 1. The molecule has 0 radical (unpaired) electrons. The van der Waals surface area contributed by atoms with Gasteiger partial charge in [0.2, 0.25) is 0 Å². The van der Waals surface area contributed by atoms with E-state index in [1.807, 2.05) is 6.92 Å². The summed E-state index contributed by atoms with van der Waals surface area (Å²) in [7, 11) is 0. The van der Waals surface area contributed by atoms with Gasteiger partial charge in [0.15, 0.2) is 0 Å². The fraction of sp³-hybridized carbons (Fsp3) is 0.625. The summed E-state index contributed by atoms with van der Waals surface area (Å²) in [6, 6.07) is 0. The molecule has 0 aromatic carbocycles. The lowest BCUT2D eigenvalue weighted by Crippen LogP contribution is -2.24. The second-order valence-corrected chi connectivity index (χ2v) is 2.61. The number of nitrogens with zero attached hydrogens (tertiary/aromatic N) is 1. The summed E-state index contributed by atoms with van der Waals surface area (Å²) in [6.07, 6.45) is 2.47. The summed E-state index contributed by atoms with van der Waals surface area (Å²) in [5.74, 6) is 0. The minimum absolute atomic E-state index is 0.0856. The minimum atomic E-state index is -0.211. The van der Waals surface area contributed by atoms with E-state index in [0.717, 1.165) is 6.42 Å². The average Bonchev–Trinajstić information content (AvgIpc) is 2.33. The lowest BCUT2D eigenvalue weighted by atomic mass is 10.3. The van der Waals surface area contributed by atoms with E-state index in [1.165, 1.54) is 0 Å². The molecule has 1 unspecified atom stereocenters. The minimum Gasteiger partial charge on any atom is -0.444 e. The van der Waals surface area contributed by atoms with Crippen LogP contribution in [0.1, 0.15) is 13.3 Å². The second-order valence-electron chi connectivity index (χ2n) is 2.61. The molecule has 3 heteroatoms. The number of cyclic esters (lactones) is 1. The van der Waals surface area contributed by atoms with Gasteiger partial charge in [-0.3, -0.25) is 0 Å². The Morgan fingerprint density at radius 1 is 1.91 bits per heavy atom. The number of hydrogen-bond acceptors (Lipinski definition) is 2. The maximum absolute atomic E-state index is 11.0. The summed E-state index contributed by atoms with van der Waals surface area (Å²) in [5.41, 5.74) is 0. The van der Waals surface area contributed by atoms with Crippen molar-refractivity contribution in [1.29, 1.82) is 0 Å². The van der Waals surface area contributed by atoms with E-state index >= 15 is 0 Å². The third-order valence-electron chi connectivity index (χ3n) is 1.75. The normalized spacial score (nSPS) is 23.5. The average molecular weight is 155 g/mol. The third kappa shape index (κ3) is 1.73. The quantitative estimate of drug-likeness (QED) is 0.576. The Hall–Kier alpha value is -0.990. The van der Waals surface area contributed by atoms with Crippen molar-refractivity contribution in [2.45, 2.75) is 19.4 Å². The molecular formula is C8H13NO2. The van der Waals surface area contributed by atoms with Crippen molar-refractivity contribution < 1.29 is 9.53 Å². The number of ether oxygens (including phenoxy) is 1. The molecule has 1 aliphatic rings.